The highest BCUT2D eigenvalue weighted by atomic mass is 79.9. The molecule has 0 saturated carbocycles. The number of hydrogen-bond donors (Lipinski definition) is 2. The number of halogens is 2. The minimum absolute atomic E-state index is 0.0581. The van der Waals surface area contributed by atoms with Gasteiger partial charge in [-0.15, -0.1) is 0 Å². The molecule has 0 radical (unpaired) electrons. The molecule has 0 unspecified atom stereocenters. The number of aromatic nitrogens is 4. The van der Waals surface area contributed by atoms with Crippen molar-refractivity contribution in [2.45, 2.75) is 13.1 Å². The summed E-state index contributed by atoms with van der Waals surface area (Å²) in [6.45, 7) is 0.474. The summed E-state index contributed by atoms with van der Waals surface area (Å²) in [7, 11) is 1.78. The van der Waals surface area contributed by atoms with E-state index in [1.165, 1.54) is 12.1 Å². The van der Waals surface area contributed by atoms with Gasteiger partial charge in [0.15, 0.2) is 0 Å². The molecule has 2 aromatic heterocycles. The molecule has 0 bridgehead atoms. The van der Waals surface area contributed by atoms with Crippen LogP contribution >= 0.6 is 15.9 Å². The van der Waals surface area contributed by atoms with Crippen molar-refractivity contribution >= 4 is 27.7 Å². The van der Waals surface area contributed by atoms with Gasteiger partial charge in [-0.2, -0.15) is 5.10 Å². The van der Waals surface area contributed by atoms with Gasteiger partial charge >= 0.3 is 0 Å². The zero-order chi connectivity index (χ0) is 20.1. The van der Waals surface area contributed by atoms with Gasteiger partial charge in [-0.1, -0.05) is 6.07 Å². The van der Waals surface area contributed by atoms with Crippen molar-refractivity contribution in [2.75, 3.05) is 0 Å². The molecule has 0 saturated heterocycles. The molecule has 2 amide bonds. The Hall–Kier alpha value is -3.14. The Kier molecular flexibility index (Phi) is 6.09. The van der Waals surface area contributed by atoms with E-state index in [4.69, 9.17) is 0 Å². The van der Waals surface area contributed by atoms with Gasteiger partial charge in [-0.3, -0.25) is 14.3 Å². The Morgan fingerprint density at radius 3 is 2.29 bits per heavy atom. The van der Waals surface area contributed by atoms with Gasteiger partial charge in [0.25, 0.3) is 11.8 Å². The molecule has 2 N–H and O–H groups in total. The number of rotatable bonds is 6. The lowest BCUT2D eigenvalue weighted by atomic mass is 10.2. The second-order valence-corrected chi connectivity index (χ2v) is 6.78. The van der Waals surface area contributed by atoms with Gasteiger partial charge in [-0.25, -0.2) is 14.4 Å². The van der Waals surface area contributed by atoms with Crippen molar-refractivity contribution < 1.29 is 14.0 Å². The number of carbonyl (C=O) groups is 2. The summed E-state index contributed by atoms with van der Waals surface area (Å²) in [6.07, 6.45) is 4.59. The maximum atomic E-state index is 13.3. The third-order valence-electron chi connectivity index (χ3n) is 3.78. The molecular weight excluding hydrogens is 431 g/mol. The van der Waals surface area contributed by atoms with E-state index in [-0.39, 0.29) is 30.3 Å². The fraction of sp³-hybridized carbons (Fsp3) is 0.167. The van der Waals surface area contributed by atoms with Crippen molar-refractivity contribution in [3.63, 3.8) is 0 Å². The average molecular weight is 447 g/mol. The Balaban J connectivity index is 1.60. The van der Waals surface area contributed by atoms with Crippen LogP contribution in [0.25, 0.3) is 0 Å². The zero-order valence-corrected chi connectivity index (χ0v) is 16.4. The first-order valence-corrected chi connectivity index (χ1v) is 9.01. The van der Waals surface area contributed by atoms with E-state index in [0.29, 0.717) is 10.0 Å². The lowest BCUT2D eigenvalue weighted by Gasteiger charge is -2.07. The first kappa shape index (κ1) is 19.6. The first-order chi connectivity index (χ1) is 13.4. The van der Waals surface area contributed by atoms with Crippen LogP contribution in [0.1, 0.15) is 32.1 Å². The molecule has 2 heterocycles. The van der Waals surface area contributed by atoms with Crippen LogP contribution < -0.4 is 10.6 Å². The number of hydrogen-bond acceptors (Lipinski definition) is 5. The van der Waals surface area contributed by atoms with Gasteiger partial charge in [0.2, 0.25) is 0 Å². The summed E-state index contributed by atoms with van der Waals surface area (Å²) in [5, 5.41) is 9.41. The van der Waals surface area contributed by atoms with E-state index in [1.807, 2.05) is 0 Å². The minimum atomic E-state index is -0.468. The molecule has 0 fully saturated rings. The number of nitrogens with zero attached hydrogens (tertiary/aromatic N) is 4. The maximum Gasteiger partial charge on any atom is 0.270 e. The number of nitrogens with one attached hydrogen (secondary N) is 2. The predicted octanol–water partition coefficient (Wildman–Crippen LogP) is 1.97. The van der Waals surface area contributed by atoms with Crippen LogP contribution in [0.2, 0.25) is 0 Å². The van der Waals surface area contributed by atoms with E-state index in [9.17, 15) is 14.0 Å². The highest BCUT2D eigenvalue weighted by molar-refractivity contribution is 9.10. The summed E-state index contributed by atoms with van der Waals surface area (Å²) in [6, 6.07) is 5.76. The molecule has 3 rings (SSSR count). The molecule has 0 aliphatic carbocycles. The normalized spacial score (nSPS) is 10.5. The van der Waals surface area contributed by atoms with Crippen LogP contribution in [0, 0.1) is 5.82 Å². The van der Waals surface area contributed by atoms with Crippen LogP contribution in [0.5, 0.6) is 0 Å². The van der Waals surface area contributed by atoms with Crippen LogP contribution in [0.4, 0.5) is 4.39 Å². The number of amides is 2. The van der Waals surface area contributed by atoms with Crippen molar-refractivity contribution in [3.05, 3.63) is 75.8 Å². The zero-order valence-electron chi connectivity index (χ0n) is 14.8. The molecule has 0 atom stereocenters. The fourth-order valence-corrected chi connectivity index (χ4v) is 2.79. The summed E-state index contributed by atoms with van der Waals surface area (Å²) in [5.74, 6) is -1.28. The van der Waals surface area contributed by atoms with Gasteiger partial charge in [0, 0.05) is 38.0 Å². The third kappa shape index (κ3) is 4.97. The Morgan fingerprint density at radius 1 is 1.07 bits per heavy atom. The van der Waals surface area contributed by atoms with E-state index < -0.39 is 11.8 Å². The lowest BCUT2D eigenvalue weighted by molar-refractivity contribution is 0.0944. The van der Waals surface area contributed by atoms with Gasteiger partial charge < -0.3 is 10.6 Å². The number of benzene rings is 1. The lowest BCUT2D eigenvalue weighted by Crippen LogP contribution is -2.27. The van der Waals surface area contributed by atoms with E-state index >= 15 is 0 Å². The summed E-state index contributed by atoms with van der Waals surface area (Å²) < 4.78 is 15.2. The van der Waals surface area contributed by atoms with Crippen LogP contribution in [-0.4, -0.2) is 31.6 Å². The summed E-state index contributed by atoms with van der Waals surface area (Å²) in [4.78, 5) is 32.4. The topological polar surface area (TPSA) is 102 Å². The highest BCUT2D eigenvalue weighted by Gasteiger charge is 2.13. The fourth-order valence-electron chi connectivity index (χ4n) is 2.36. The molecule has 144 valence electrons. The maximum absolute atomic E-state index is 13.3. The molecular formula is C18H16BrFN6O2. The molecule has 3 aromatic rings. The second-order valence-electron chi connectivity index (χ2n) is 5.92. The van der Waals surface area contributed by atoms with Crippen LogP contribution in [0.15, 0.2) is 47.5 Å². The monoisotopic (exact) mass is 446 g/mol. The molecule has 0 aliphatic heterocycles. The van der Waals surface area contributed by atoms with Crippen LogP contribution in [-0.2, 0) is 20.1 Å². The van der Waals surface area contributed by atoms with Gasteiger partial charge in [-0.05, 0) is 33.6 Å². The largest absolute Gasteiger partial charge is 0.347 e. The predicted molar refractivity (Wildman–Crippen MR) is 102 cm³/mol. The number of carbonyl (C=O) groups excluding carboxylic acids is 2. The summed E-state index contributed by atoms with van der Waals surface area (Å²) in [5.41, 5.74) is 1.69. The van der Waals surface area contributed by atoms with E-state index in [2.05, 4.69) is 41.6 Å². The Morgan fingerprint density at radius 2 is 1.71 bits per heavy atom. The molecule has 8 nitrogen and oxygen atoms in total. The van der Waals surface area contributed by atoms with Crippen molar-refractivity contribution in [2.24, 2.45) is 7.05 Å². The highest BCUT2D eigenvalue weighted by Crippen LogP contribution is 2.16. The van der Waals surface area contributed by atoms with Crippen molar-refractivity contribution in [3.8, 4) is 0 Å². The molecule has 1 aromatic carbocycles. The minimum Gasteiger partial charge on any atom is -0.347 e. The molecule has 10 heteroatoms. The van der Waals surface area contributed by atoms with E-state index in [1.54, 1.807) is 36.3 Å². The molecule has 28 heavy (non-hydrogen) atoms. The summed E-state index contributed by atoms with van der Waals surface area (Å²) >= 11 is 3.10. The van der Waals surface area contributed by atoms with Gasteiger partial charge in [0.1, 0.15) is 23.5 Å². The molecule has 0 spiro atoms. The third-order valence-corrected chi connectivity index (χ3v) is 4.39. The quantitative estimate of drug-likeness (QED) is 0.602. The first-order valence-electron chi connectivity index (χ1n) is 8.22. The Labute approximate surface area is 168 Å². The van der Waals surface area contributed by atoms with E-state index in [0.717, 1.165) is 11.9 Å². The second kappa shape index (κ2) is 8.70. The van der Waals surface area contributed by atoms with Gasteiger partial charge in [0.05, 0.1) is 10.7 Å². The SMILES string of the molecule is Cn1cc(CNC(=O)c2cc(C(=O)NCc3ccc(F)c(Br)c3)ncn2)cn1. The number of aryl methyl sites for hydroxylation is 1. The molecule has 0 aliphatic rings. The van der Waals surface area contributed by atoms with Crippen molar-refractivity contribution in [1.29, 1.82) is 0 Å². The van der Waals surface area contributed by atoms with Crippen molar-refractivity contribution in [1.82, 2.24) is 30.4 Å². The standard InChI is InChI=1S/C18H16BrFN6O2/c1-26-9-12(8-25-26)7-22-18(28)16-5-15(23-10-24-16)17(27)21-6-11-2-3-14(20)13(19)4-11/h2-5,8-10H,6-7H2,1H3,(H,21,27)(H,22,28). The van der Waals surface area contributed by atoms with Crippen LogP contribution in [0.3, 0.4) is 0 Å². The smallest absolute Gasteiger partial charge is 0.270 e. The average Bonchev–Trinajstić information content (AvgIpc) is 3.12. The Bertz CT molecular complexity index is 1020.